The zero-order chi connectivity index (χ0) is 48.4. The van der Waals surface area contributed by atoms with Crippen molar-refractivity contribution >= 4 is 57.2 Å². The van der Waals surface area contributed by atoms with E-state index in [2.05, 4.69) is 288 Å². The van der Waals surface area contributed by atoms with Crippen molar-refractivity contribution in [2.24, 2.45) is 0 Å². The molecule has 0 amide bonds. The lowest BCUT2D eigenvalue weighted by Crippen LogP contribution is -2.61. The van der Waals surface area contributed by atoms with E-state index in [9.17, 15) is 0 Å². The lowest BCUT2D eigenvalue weighted by molar-refractivity contribution is 0.530. The van der Waals surface area contributed by atoms with Crippen molar-refractivity contribution in [2.75, 3.05) is 9.80 Å². The highest BCUT2D eigenvalue weighted by atomic mass is 15.2. The number of hydrogen-bond donors (Lipinski definition) is 0. The number of nitrogens with zero attached hydrogens (tertiary/aromatic N) is 2. The van der Waals surface area contributed by atoms with Gasteiger partial charge in [-0.1, -0.05) is 230 Å². The van der Waals surface area contributed by atoms with E-state index < -0.39 is 0 Å². The fourth-order valence-corrected chi connectivity index (χ4v) is 11.3. The van der Waals surface area contributed by atoms with Crippen molar-refractivity contribution in [3.05, 3.63) is 248 Å². The van der Waals surface area contributed by atoms with Gasteiger partial charge in [0.25, 0.3) is 6.71 Å². The van der Waals surface area contributed by atoms with E-state index in [0.29, 0.717) is 0 Å². The third-order valence-electron chi connectivity index (χ3n) is 14.7. The van der Waals surface area contributed by atoms with Gasteiger partial charge in [-0.25, -0.2) is 0 Å². The second-order valence-electron chi connectivity index (χ2n) is 21.4. The first-order valence-electron chi connectivity index (χ1n) is 25.1. The summed E-state index contributed by atoms with van der Waals surface area (Å²) in [5.74, 6) is 0. The Morgan fingerprint density at radius 2 is 0.676 bits per heavy atom. The first kappa shape index (κ1) is 44.1. The van der Waals surface area contributed by atoms with E-state index in [1.165, 1.54) is 106 Å². The molecule has 0 aliphatic carbocycles. The summed E-state index contributed by atoms with van der Waals surface area (Å²) in [5.41, 5.74) is 25.6. The zero-order valence-corrected chi connectivity index (χ0v) is 41.5. The van der Waals surface area contributed by atoms with E-state index in [1.54, 1.807) is 0 Å². The maximum Gasteiger partial charge on any atom is 0.252 e. The molecule has 2 nitrogen and oxygen atoms in total. The molecular formula is C68H57BN2. The maximum atomic E-state index is 2.58. The largest absolute Gasteiger partial charge is 0.311 e. The maximum absolute atomic E-state index is 2.58. The van der Waals surface area contributed by atoms with Crippen molar-refractivity contribution in [1.29, 1.82) is 0 Å². The van der Waals surface area contributed by atoms with Crippen LogP contribution in [0, 0.1) is 0 Å². The third kappa shape index (κ3) is 7.87. The molecule has 0 bridgehead atoms. The summed E-state index contributed by atoms with van der Waals surface area (Å²) in [6, 6.07) is 88.1. The van der Waals surface area contributed by atoms with Crippen molar-refractivity contribution in [3.8, 4) is 55.6 Å². The van der Waals surface area contributed by atoms with Crippen LogP contribution in [0.5, 0.6) is 0 Å². The van der Waals surface area contributed by atoms with Gasteiger partial charge in [0, 0.05) is 34.0 Å². The highest BCUT2D eigenvalue weighted by Gasteiger charge is 2.44. The molecule has 10 aromatic carbocycles. The van der Waals surface area contributed by atoms with Crippen molar-refractivity contribution in [1.82, 2.24) is 0 Å². The molecule has 2 aliphatic heterocycles. The Morgan fingerprint density at radius 3 is 1.17 bits per heavy atom. The Bertz CT molecular complexity index is 3590. The smallest absolute Gasteiger partial charge is 0.252 e. The van der Waals surface area contributed by atoms with Crippen LogP contribution in [-0.4, -0.2) is 6.71 Å². The van der Waals surface area contributed by atoms with Crippen LogP contribution in [-0.2, 0) is 10.8 Å². The normalized spacial score (nSPS) is 12.8. The number of fused-ring (bicyclic) bond motifs is 4. The minimum absolute atomic E-state index is 0.0132. The molecular weight excluding hydrogens is 856 g/mol. The van der Waals surface area contributed by atoms with Crippen LogP contribution in [0.2, 0.25) is 0 Å². The third-order valence-corrected chi connectivity index (χ3v) is 14.7. The van der Waals surface area contributed by atoms with Crippen molar-refractivity contribution in [3.63, 3.8) is 0 Å². The summed E-state index contributed by atoms with van der Waals surface area (Å²) in [5, 5.41) is 0. The summed E-state index contributed by atoms with van der Waals surface area (Å²) >= 11 is 0. The second kappa shape index (κ2) is 17.4. The first-order valence-corrected chi connectivity index (χ1v) is 25.1. The first-order chi connectivity index (χ1) is 34.5. The van der Waals surface area contributed by atoms with E-state index in [4.69, 9.17) is 0 Å². The van der Waals surface area contributed by atoms with E-state index in [0.717, 1.165) is 11.4 Å². The molecule has 0 radical (unpaired) electrons. The predicted octanol–water partition coefficient (Wildman–Crippen LogP) is 16.7. The Hall–Kier alpha value is -8.14. The predicted molar refractivity (Wildman–Crippen MR) is 305 cm³/mol. The van der Waals surface area contributed by atoms with Crippen LogP contribution in [0.4, 0.5) is 34.1 Å². The van der Waals surface area contributed by atoms with Crippen molar-refractivity contribution in [2.45, 2.75) is 52.4 Å². The molecule has 0 saturated heterocycles. The topological polar surface area (TPSA) is 6.48 Å². The Kier molecular flexibility index (Phi) is 10.8. The van der Waals surface area contributed by atoms with Gasteiger partial charge in [-0.2, -0.15) is 0 Å². The minimum Gasteiger partial charge on any atom is -0.311 e. The van der Waals surface area contributed by atoms with E-state index >= 15 is 0 Å². The molecule has 0 N–H and O–H groups in total. The van der Waals surface area contributed by atoms with Crippen LogP contribution in [0.1, 0.15) is 52.7 Å². The van der Waals surface area contributed by atoms with Gasteiger partial charge in [-0.05, 0) is 137 Å². The Labute approximate surface area is 420 Å². The lowest BCUT2D eigenvalue weighted by Gasteiger charge is -2.44. The minimum atomic E-state index is -0.0676. The van der Waals surface area contributed by atoms with Crippen LogP contribution < -0.4 is 26.2 Å². The average molecular weight is 913 g/mol. The number of benzene rings is 10. The highest BCUT2D eigenvalue weighted by Crippen LogP contribution is 2.49. The molecule has 71 heavy (non-hydrogen) atoms. The summed E-state index contributed by atoms with van der Waals surface area (Å²) in [4.78, 5) is 5.10. The van der Waals surface area contributed by atoms with E-state index in [1.807, 2.05) is 0 Å². The SMILES string of the molecule is CC(C)(C)c1ccc(-c2cc(-c3ccccc3)ccc2N2c3ccc(-c4ccccc4)cc3B3c4cc(-c5ccccc5)ccc4N(c4ccc(-c5ccccc5)cc4)c4cccc2c43)cc1C(C)(C)C. The molecule has 0 saturated carbocycles. The molecule has 342 valence electrons. The number of rotatable bonds is 7. The van der Waals surface area contributed by atoms with Crippen LogP contribution in [0.3, 0.4) is 0 Å². The standard InChI is InChI=1S/C68H57BN2/c1-67(2,3)57-38-32-54(43-58(57)68(4,5)6)56-42-51(47-22-13-8-14-23-47)33-39-61(56)71-63-41-35-53(49-26-17-10-18-27-49)45-60(63)69-59-44-52(48-24-15-9-16-25-48)34-40-62(59)70(64-28-19-29-65(71)66(64)69)55-36-30-50(31-37-55)46-20-11-7-12-21-46/h7-45H,1-6H3. The molecule has 0 aromatic heterocycles. The molecule has 2 heterocycles. The summed E-state index contributed by atoms with van der Waals surface area (Å²) < 4.78 is 0. The van der Waals surface area contributed by atoms with Gasteiger partial charge in [0.05, 0.1) is 5.69 Å². The van der Waals surface area contributed by atoms with E-state index in [-0.39, 0.29) is 17.5 Å². The summed E-state index contributed by atoms with van der Waals surface area (Å²) in [6.45, 7) is 14.0. The Balaban J connectivity index is 1.14. The number of anilines is 6. The molecule has 0 atom stereocenters. The number of hydrogen-bond acceptors (Lipinski definition) is 2. The van der Waals surface area contributed by atoms with Gasteiger partial charge in [-0.15, -0.1) is 0 Å². The summed E-state index contributed by atoms with van der Waals surface area (Å²) in [7, 11) is 0. The fraction of sp³-hybridized carbons (Fsp3) is 0.118. The van der Waals surface area contributed by atoms with Gasteiger partial charge in [0.1, 0.15) is 0 Å². The summed E-state index contributed by atoms with van der Waals surface area (Å²) in [6.07, 6.45) is 0. The quantitative estimate of drug-likeness (QED) is 0.147. The molecule has 3 heteroatoms. The van der Waals surface area contributed by atoms with Crippen LogP contribution >= 0.6 is 0 Å². The Morgan fingerprint density at radius 1 is 0.282 bits per heavy atom. The van der Waals surface area contributed by atoms with Crippen LogP contribution in [0.25, 0.3) is 55.6 Å². The second-order valence-corrected chi connectivity index (χ2v) is 21.4. The van der Waals surface area contributed by atoms with Gasteiger partial charge in [0.15, 0.2) is 0 Å². The highest BCUT2D eigenvalue weighted by molar-refractivity contribution is 7.00. The van der Waals surface area contributed by atoms with Crippen molar-refractivity contribution < 1.29 is 0 Å². The molecule has 12 rings (SSSR count). The molecule has 0 fully saturated rings. The van der Waals surface area contributed by atoms with Gasteiger partial charge in [0.2, 0.25) is 0 Å². The molecule has 2 aliphatic rings. The zero-order valence-electron chi connectivity index (χ0n) is 41.5. The lowest BCUT2D eigenvalue weighted by atomic mass is 9.33. The molecule has 0 unspecified atom stereocenters. The fourth-order valence-electron chi connectivity index (χ4n) is 11.3. The van der Waals surface area contributed by atoms with Crippen LogP contribution in [0.15, 0.2) is 237 Å². The average Bonchev–Trinajstić information content (AvgIpc) is 3.41. The van der Waals surface area contributed by atoms with Gasteiger partial charge >= 0.3 is 0 Å². The monoisotopic (exact) mass is 912 g/mol. The van der Waals surface area contributed by atoms with Gasteiger partial charge < -0.3 is 9.80 Å². The molecule has 10 aromatic rings. The van der Waals surface area contributed by atoms with Gasteiger partial charge in [-0.3, -0.25) is 0 Å². The molecule has 0 spiro atoms.